The Labute approximate surface area is 82.9 Å². The fourth-order valence-electron chi connectivity index (χ4n) is 0.747. The summed E-state index contributed by atoms with van der Waals surface area (Å²) < 4.78 is 0. The van der Waals surface area contributed by atoms with Gasteiger partial charge in [0.2, 0.25) is 0 Å². The Kier molecular flexibility index (Phi) is 4.47. The van der Waals surface area contributed by atoms with Crippen LogP contribution in [0.1, 0.15) is 27.7 Å². The Bertz CT molecular complexity index is 211. The van der Waals surface area contributed by atoms with E-state index in [4.69, 9.17) is 5.11 Å². The molecule has 0 aromatic carbocycles. The molecule has 4 heteroatoms. The minimum absolute atomic E-state index is 0.0330. The largest absolute Gasteiger partial charge is 0.481 e. The molecule has 3 nitrogen and oxygen atoms in total. The van der Waals surface area contributed by atoms with Gasteiger partial charge < -0.3 is 5.11 Å². The lowest BCUT2D eigenvalue weighted by Crippen LogP contribution is -2.30. The van der Waals surface area contributed by atoms with Crippen molar-refractivity contribution >= 4 is 22.8 Å². The van der Waals surface area contributed by atoms with E-state index in [0.29, 0.717) is 5.75 Å². The highest BCUT2D eigenvalue weighted by atomic mass is 32.2. The Morgan fingerprint density at radius 3 is 2.23 bits per heavy atom. The molecule has 1 atom stereocenters. The molecular weight excluding hydrogens is 188 g/mol. The molecule has 13 heavy (non-hydrogen) atoms. The zero-order chi connectivity index (χ0) is 10.6. The molecule has 1 N–H and O–H groups in total. The van der Waals surface area contributed by atoms with Crippen molar-refractivity contribution in [3.05, 3.63) is 0 Å². The first-order chi connectivity index (χ1) is 5.77. The Balaban J connectivity index is 4.21. The first-order valence-corrected chi connectivity index (χ1v) is 5.12. The van der Waals surface area contributed by atoms with Crippen LogP contribution in [-0.2, 0) is 9.59 Å². The topological polar surface area (TPSA) is 54.4 Å². The Morgan fingerprint density at radius 1 is 1.46 bits per heavy atom. The van der Waals surface area contributed by atoms with Crippen LogP contribution in [0.25, 0.3) is 0 Å². The zero-order valence-corrected chi connectivity index (χ0v) is 9.27. The molecule has 0 aliphatic carbocycles. The van der Waals surface area contributed by atoms with Gasteiger partial charge in [0.25, 0.3) is 0 Å². The van der Waals surface area contributed by atoms with Gasteiger partial charge in [0.1, 0.15) is 0 Å². The molecule has 0 aromatic rings. The highest BCUT2D eigenvalue weighted by Gasteiger charge is 2.31. The number of hydrogen-bond acceptors (Lipinski definition) is 3. The van der Waals surface area contributed by atoms with E-state index in [2.05, 4.69) is 0 Å². The maximum atomic E-state index is 10.7. The van der Waals surface area contributed by atoms with Gasteiger partial charge in [0.05, 0.1) is 5.92 Å². The summed E-state index contributed by atoms with van der Waals surface area (Å²) in [7, 11) is 0. The predicted molar refractivity (Wildman–Crippen MR) is 53.7 cm³/mol. The standard InChI is InChI=1S/C9H16O3S/c1-6(8(11)12)9(3,4)5-13-7(2)10/h6H,5H2,1-4H3,(H,11,12). The lowest BCUT2D eigenvalue weighted by atomic mass is 9.82. The number of thioether (sulfide) groups is 1. The number of hydrogen-bond donors (Lipinski definition) is 1. The number of carboxylic acids is 1. The molecule has 0 aliphatic heterocycles. The third-order valence-corrected chi connectivity index (χ3v) is 3.48. The third kappa shape index (κ3) is 4.31. The van der Waals surface area contributed by atoms with Crippen LogP contribution in [0.5, 0.6) is 0 Å². The molecule has 0 saturated carbocycles. The molecule has 0 amide bonds. The average Bonchev–Trinajstić information content (AvgIpc) is 1.99. The van der Waals surface area contributed by atoms with Gasteiger partial charge in [0, 0.05) is 12.7 Å². The van der Waals surface area contributed by atoms with Crippen molar-refractivity contribution in [2.75, 3.05) is 5.75 Å². The minimum Gasteiger partial charge on any atom is -0.481 e. The molecule has 1 unspecified atom stereocenters. The highest BCUT2D eigenvalue weighted by Crippen LogP contribution is 2.30. The second-order valence-electron chi connectivity index (χ2n) is 3.83. The van der Waals surface area contributed by atoms with Crippen molar-refractivity contribution in [2.45, 2.75) is 27.7 Å². The summed E-state index contributed by atoms with van der Waals surface area (Å²) in [6.45, 7) is 6.89. The monoisotopic (exact) mass is 204 g/mol. The summed E-state index contributed by atoms with van der Waals surface area (Å²) in [5.41, 5.74) is -0.345. The van der Waals surface area contributed by atoms with Gasteiger partial charge in [-0.05, 0) is 5.41 Å². The second kappa shape index (κ2) is 4.65. The molecular formula is C9H16O3S. The van der Waals surface area contributed by atoms with Crippen LogP contribution < -0.4 is 0 Å². The summed E-state index contributed by atoms with van der Waals surface area (Å²) >= 11 is 1.18. The number of carbonyl (C=O) groups excluding carboxylic acids is 1. The predicted octanol–water partition coefficient (Wildman–Crippen LogP) is 2.01. The lowest BCUT2D eigenvalue weighted by molar-refractivity contribution is -0.144. The second-order valence-corrected chi connectivity index (χ2v) is 4.98. The van der Waals surface area contributed by atoms with E-state index in [0.717, 1.165) is 0 Å². The quantitative estimate of drug-likeness (QED) is 0.761. The maximum Gasteiger partial charge on any atom is 0.306 e. The van der Waals surface area contributed by atoms with E-state index >= 15 is 0 Å². The van der Waals surface area contributed by atoms with Gasteiger partial charge in [-0.2, -0.15) is 0 Å². The van der Waals surface area contributed by atoms with Crippen LogP contribution in [0.15, 0.2) is 0 Å². The number of aliphatic carboxylic acids is 1. The van der Waals surface area contributed by atoms with Crippen LogP contribution in [-0.4, -0.2) is 21.9 Å². The first-order valence-electron chi connectivity index (χ1n) is 4.13. The summed E-state index contributed by atoms with van der Waals surface area (Å²) in [6, 6.07) is 0. The summed E-state index contributed by atoms with van der Waals surface area (Å²) in [5, 5.41) is 8.82. The number of carbonyl (C=O) groups is 2. The smallest absolute Gasteiger partial charge is 0.306 e. The molecule has 0 bridgehead atoms. The van der Waals surface area contributed by atoms with E-state index in [9.17, 15) is 9.59 Å². The molecule has 0 spiro atoms. The Hall–Kier alpha value is -0.510. The normalized spacial score (nSPS) is 13.8. The van der Waals surface area contributed by atoms with Gasteiger partial charge in [-0.25, -0.2) is 0 Å². The van der Waals surface area contributed by atoms with Crippen molar-refractivity contribution in [1.29, 1.82) is 0 Å². The lowest BCUT2D eigenvalue weighted by Gasteiger charge is -2.27. The first kappa shape index (κ1) is 12.5. The molecule has 0 radical (unpaired) electrons. The van der Waals surface area contributed by atoms with Crippen molar-refractivity contribution in [2.24, 2.45) is 11.3 Å². The maximum absolute atomic E-state index is 10.7. The third-order valence-electron chi connectivity index (χ3n) is 2.19. The van der Waals surface area contributed by atoms with E-state index in [1.807, 2.05) is 13.8 Å². The Morgan fingerprint density at radius 2 is 1.92 bits per heavy atom. The highest BCUT2D eigenvalue weighted by molar-refractivity contribution is 8.13. The molecule has 0 aliphatic rings. The summed E-state index contributed by atoms with van der Waals surface area (Å²) in [4.78, 5) is 21.4. The molecule has 0 aromatic heterocycles. The van der Waals surface area contributed by atoms with Crippen molar-refractivity contribution < 1.29 is 14.7 Å². The molecule has 76 valence electrons. The fraction of sp³-hybridized carbons (Fsp3) is 0.778. The molecule has 0 rings (SSSR count). The van der Waals surface area contributed by atoms with Crippen molar-refractivity contribution in [3.8, 4) is 0 Å². The minimum atomic E-state index is -0.811. The van der Waals surface area contributed by atoms with E-state index in [1.54, 1.807) is 6.92 Å². The fourth-order valence-corrected chi connectivity index (χ4v) is 1.57. The van der Waals surface area contributed by atoms with Crippen LogP contribution in [0, 0.1) is 11.3 Å². The van der Waals surface area contributed by atoms with Crippen LogP contribution in [0.3, 0.4) is 0 Å². The van der Waals surface area contributed by atoms with Crippen LogP contribution in [0.2, 0.25) is 0 Å². The number of carboxylic acid groups (broad SMARTS) is 1. The van der Waals surface area contributed by atoms with Gasteiger partial charge in [-0.1, -0.05) is 32.5 Å². The summed E-state index contributed by atoms with van der Waals surface area (Å²) in [5.74, 6) is -0.691. The van der Waals surface area contributed by atoms with E-state index < -0.39 is 11.9 Å². The summed E-state index contributed by atoms with van der Waals surface area (Å²) in [6.07, 6.45) is 0. The van der Waals surface area contributed by atoms with Crippen molar-refractivity contribution in [1.82, 2.24) is 0 Å². The number of rotatable bonds is 4. The van der Waals surface area contributed by atoms with E-state index in [-0.39, 0.29) is 10.5 Å². The van der Waals surface area contributed by atoms with Crippen LogP contribution >= 0.6 is 11.8 Å². The van der Waals surface area contributed by atoms with Gasteiger partial charge in [-0.15, -0.1) is 0 Å². The van der Waals surface area contributed by atoms with Crippen molar-refractivity contribution in [3.63, 3.8) is 0 Å². The van der Waals surface area contributed by atoms with Gasteiger partial charge in [0.15, 0.2) is 5.12 Å². The molecule has 0 heterocycles. The SMILES string of the molecule is CC(=O)SCC(C)(C)C(C)C(=O)O. The van der Waals surface area contributed by atoms with Crippen LogP contribution in [0.4, 0.5) is 0 Å². The molecule has 0 fully saturated rings. The van der Waals surface area contributed by atoms with Gasteiger partial charge >= 0.3 is 5.97 Å². The zero-order valence-electron chi connectivity index (χ0n) is 8.46. The molecule has 0 saturated heterocycles. The van der Waals surface area contributed by atoms with E-state index in [1.165, 1.54) is 18.7 Å². The van der Waals surface area contributed by atoms with Gasteiger partial charge in [-0.3, -0.25) is 9.59 Å². The average molecular weight is 204 g/mol.